The molecule has 2 N–H and O–H groups in total. The molecule has 1 saturated heterocycles. The number of hydrogen-bond donors (Lipinski definition) is 2. The molecule has 25 heavy (non-hydrogen) atoms. The molecule has 2 amide bonds. The third kappa shape index (κ3) is 4.37. The summed E-state index contributed by atoms with van der Waals surface area (Å²) in [6, 6.07) is 8.69. The third-order valence-electron chi connectivity index (χ3n) is 3.63. The molecule has 1 aromatic carbocycles. The SMILES string of the molecule is CSCc1noc(CNC(=O)[C@H]2OCC(=O)N[C@@H]2c2ccccc2)n1. The van der Waals surface area contributed by atoms with Crippen molar-refractivity contribution in [3.8, 4) is 0 Å². The number of hydrogen-bond acceptors (Lipinski definition) is 7. The lowest BCUT2D eigenvalue weighted by molar-refractivity contribution is -0.148. The minimum absolute atomic E-state index is 0.107. The van der Waals surface area contributed by atoms with Crippen LogP contribution in [0.1, 0.15) is 23.3 Å². The summed E-state index contributed by atoms with van der Waals surface area (Å²) in [4.78, 5) is 28.4. The summed E-state index contributed by atoms with van der Waals surface area (Å²) < 4.78 is 10.5. The van der Waals surface area contributed by atoms with Gasteiger partial charge >= 0.3 is 0 Å². The molecule has 2 heterocycles. The van der Waals surface area contributed by atoms with Crippen molar-refractivity contribution < 1.29 is 18.8 Å². The van der Waals surface area contributed by atoms with E-state index in [-0.39, 0.29) is 25.0 Å². The largest absolute Gasteiger partial charge is 0.356 e. The van der Waals surface area contributed by atoms with Gasteiger partial charge < -0.3 is 19.9 Å². The first kappa shape index (κ1) is 17.4. The molecule has 8 nitrogen and oxygen atoms in total. The molecule has 1 aliphatic rings. The number of morpholine rings is 1. The Bertz CT molecular complexity index is 737. The van der Waals surface area contributed by atoms with Crippen molar-refractivity contribution in [3.63, 3.8) is 0 Å². The van der Waals surface area contributed by atoms with Crippen LogP contribution in [0, 0.1) is 0 Å². The lowest BCUT2D eigenvalue weighted by atomic mass is 9.99. The van der Waals surface area contributed by atoms with Crippen molar-refractivity contribution in [2.75, 3.05) is 12.9 Å². The van der Waals surface area contributed by atoms with Gasteiger partial charge in [0.2, 0.25) is 11.8 Å². The van der Waals surface area contributed by atoms with Gasteiger partial charge in [-0.25, -0.2) is 0 Å². The fraction of sp³-hybridized carbons (Fsp3) is 0.375. The molecule has 0 bridgehead atoms. The van der Waals surface area contributed by atoms with Crippen LogP contribution in [-0.2, 0) is 26.6 Å². The molecule has 3 rings (SSSR count). The summed E-state index contributed by atoms with van der Waals surface area (Å²) >= 11 is 1.58. The second kappa shape index (κ2) is 8.13. The van der Waals surface area contributed by atoms with Gasteiger partial charge in [0.15, 0.2) is 11.9 Å². The van der Waals surface area contributed by atoms with Crippen molar-refractivity contribution >= 4 is 23.6 Å². The maximum atomic E-state index is 12.5. The fourth-order valence-corrected chi connectivity index (χ4v) is 2.89. The number of ether oxygens (including phenoxy) is 1. The van der Waals surface area contributed by atoms with Gasteiger partial charge in [-0.15, -0.1) is 0 Å². The molecule has 1 fully saturated rings. The minimum Gasteiger partial charge on any atom is -0.356 e. The molecule has 2 aromatic rings. The molecule has 1 aliphatic heterocycles. The molecule has 0 aliphatic carbocycles. The Morgan fingerprint density at radius 1 is 1.40 bits per heavy atom. The first-order chi connectivity index (χ1) is 12.2. The average molecular weight is 362 g/mol. The predicted molar refractivity (Wildman–Crippen MR) is 90.4 cm³/mol. The number of nitrogens with one attached hydrogen (secondary N) is 2. The maximum Gasteiger partial charge on any atom is 0.252 e. The zero-order chi connectivity index (χ0) is 17.6. The average Bonchev–Trinajstić information content (AvgIpc) is 3.08. The van der Waals surface area contributed by atoms with Gasteiger partial charge in [-0.3, -0.25) is 9.59 Å². The normalized spacial score (nSPS) is 20.1. The van der Waals surface area contributed by atoms with E-state index >= 15 is 0 Å². The highest BCUT2D eigenvalue weighted by molar-refractivity contribution is 7.97. The van der Waals surface area contributed by atoms with E-state index in [2.05, 4.69) is 20.8 Å². The van der Waals surface area contributed by atoms with Crippen LogP contribution in [0.5, 0.6) is 0 Å². The van der Waals surface area contributed by atoms with E-state index in [0.29, 0.717) is 17.5 Å². The van der Waals surface area contributed by atoms with Gasteiger partial charge in [0.05, 0.1) is 18.3 Å². The van der Waals surface area contributed by atoms with Crippen LogP contribution in [-0.4, -0.2) is 40.9 Å². The maximum absolute atomic E-state index is 12.5. The van der Waals surface area contributed by atoms with Crippen LogP contribution in [0.4, 0.5) is 0 Å². The molecule has 0 radical (unpaired) electrons. The standard InChI is InChI=1S/C16H18N4O4S/c1-25-9-11-18-13(24-20-11)7-17-16(22)15-14(19-12(21)8-23-15)10-5-3-2-4-6-10/h2-6,14-15H,7-9H2,1H3,(H,17,22)(H,19,21)/t14-,15+/m1/s1. The number of rotatable bonds is 6. The summed E-state index contributed by atoms with van der Waals surface area (Å²) in [6.45, 7) is -0.0463. The highest BCUT2D eigenvalue weighted by atomic mass is 32.2. The molecule has 9 heteroatoms. The zero-order valence-electron chi connectivity index (χ0n) is 13.6. The number of aromatic nitrogens is 2. The Labute approximate surface area is 148 Å². The van der Waals surface area contributed by atoms with Crippen LogP contribution in [0.2, 0.25) is 0 Å². The molecule has 2 atom stereocenters. The van der Waals surface area contributed by atoms with Crippen molar-refractivity contribution in [2.45, 2.75) is 24.4 Å². The second-order valence-electron chi connectivity index (χ2n) is 5.44. The van der Waals surface area contributed by atoms with Gasteiger partial charge in [-0.1, -0.05) is 35.5 Å². The first-order valence-electron chi connectivity index (χ1n) is 7.71. The Hall–Kier alpha value is -2.39. The van der Waals surface area contributed by atoms with E-state index in [1.54, 1.807) is 11.8 Å². The summed E-state index contributed by atoms with van der Waals surface area (Å²) in [5.74, 6) is 0.953. The second-order valence-corrected chi connectivity index (χ2v) is 6.31. The van der Waals surface area contributed by atoms with Gasteiger partial charge in [0.25, 0.3) is 5.91 Å². The van der Waals surface area contributed by atoms with E-state index in [1.807, 2.05) is 36.6 Å². The van der Waals surface area contributed by atoms with Gasteiger partial charge in [0, 0.05) is 0 Å². The monoisotopic (exact) mass is 362 g/mol. The highest BCUT2D eigenvalue weighted by Gasteiger charge is 2.36. The van der Waals surface area contributed by atoms with Crippen LogP contribution in [0.15, 0.2) is 34.9 Å². The topological polar surface area (TPSA) is 106 Å². The Morgan fingerprint density at radius 3 is 2.96 bits per heavy atom. The van der Waals surface area contributed by atoms with E-state index in [1.165, 1.54) is 0 Å². The molecular formula is C16H18N4O4S. The Morgan fingerprint density at radius 2 is 2.20 bits per heavy atom. The predicted octanol–water partition coefficient (Wildman–Crippen LogP) is 0.805. The number of thioether (sulfide) groups is 1. The molecule has 0 spiro atoms. The number of benzene rings is 1. The zero-order valence-corrected chi connectivity index (χ0v) is 14.4. The number of carbonyl (C=O) groups excluding carboxylic acids is 2. The van der Waals surface area contributed by atoms with Crippen molar-refractivity contribution in [2.24, 2.45) is 0 Å². The lowest BCUT2D eigenvalue weighted by Crippen LogP contribution is -2.52. The quantitative estimate of drug-likeness (QED) is 0.783. The third-order valence-corrected chi connectivity index (χ3v) is 4.17. The van der Waals surface area contributed by atoms with E-state index in [9.17, 15) is 9.59 Å². The van der Waals surface area contributed by atoms with Crippen LogP contribution in [0.25, 0.3) is 0 Å². The number of carbonyl (C=O) groups is 2. The van der Waals surface area contributed by atoms with Crippen LogP contribution in [0.3, 0.4) is 0 Å². The molecule has 132 valence electrons. The van der Waals surface area contributed by atoms with Crippen LogP contribution < -0.4 is 10.6 Å². The summed E-state index contributed by atoms with van der Waals surface area (Å²) in [5.41, 5.74) is 0.802. The van der Waals surface area contributed by atoms with Gasteiger partial charge in [-0.05, 0) is 11.8 Å². The molecule has 0 saturated carbocycles. The number of nitrogens with zero attached hydrogens (tertiary/aromatic N) is 2. The van der Waals surface area contributed by atoms with E-state index < -0.39 is 12.1 Å². The van der Waals surface area contributed by atoms with Crippen LogP contribution >= 0.6 is 11.8 Å². The molecule has 1 aromatic heterocycles. The van der Waals surface area contributed by atoms with E-state index in [0.717, 1.165) is 5.56 Å². The van der Waals surface area contributed by atoms with Crippen molar-refractivity contribution in [3.05, 3.63) is 47.6 Å². The lowest BCUT2D eigenvalue weighted by Gasteiger charge is -2.31. The van der Waals surface area contributed by atoms with Crippen molar-refractivity contribution in [1.82, 2.24) is 20.8 Å². The summed E-state index contributed by atoms with van der Waals surface area (Å²) in [5, 5.41) is 9.35. The first-order valence-corrected chi connectivity index (χ1v) is 9.11. The Kier molecular flexibility index (Phi) is 5.67. The van der Waals surface area contributed by atoms with Gasteiger partial charge in [-0.2, -0.15) is 16.7 Å². The minimum atomic E-state index is -0.825. The van der Waals surface area contributed by atoms with Crippen molar-refractivity contribution in [1.29, 1.82) is 0 Å². The fourth-order valence-electron chi connectivity index (χ4n) is 2.51. The number of amides is 2. The Balaban J connectivity index is 1.65. The van der Waals surface area contributed by atoms with E-state index in [4.69, 9.17) is 9.26 Å². The summed E-state index contributed by atoms with van der Waals surface area (Å²) in [6.07, 6.45) is 1.12. The van der Waals surface area contributed by atoms with Gasteiger partial charge in [0.1, 0.15) is 6.61 Å². The molecule has 0 unspecified atom stereocenters. The smallest absolute Gasteiger partial charge is 0.252 e. The highest BCUT2D eigenvalue weighted by Crippen LogP contribution is 2.22. The summed E-state index contributed by atoms with van der Waals surface area (Å²) in [7, 11) is 0. The molecular weight excluding hydrogens is 344 g/mol.